The quantitative estimate of drug-likeness (QED) is 0.754. The van der Waals surface area contributed by atoms with Crippen LogP contribution in [0.4, 0.5) is 5.69 Å². The van der Waals surface area contributed by atoms with Gasteiger partial charge in [-0.1, -0.05) is 17.3 Å². The minimum absolute atomic E-state index is 0.284. The molecular formula is C14H11N5O2. The molecule has 104 valence electrons. The van der Waals surface area contributed by atoms with E-state index in [0.29, 0.717) is 11.4 Å². The number of para-hydroxylation sites is 2. The largest absolute Gasteiger partial charge is 0.329 e. The normalized spacial score (nSPS) is 10.3. The lowest BCUT2D eigenvalue weighted by Gasteiger charge is -2.10. The number of benzene rings is 1. The molecule has 2 aromatic heterocycles. The van der Waals surface area contributed by atoms with Gasteiger partial charge in [0.2, 0.25) is 5.56 Å². The van der Waals surface area contributed by atoms with E-state index in [1.807, 2.05) is 12.1 Å². The highest BCUT2D eigenvalue weighted by Crippen LogP contribution is 2.19. The van der Waals surface area contributed by atoms with Crippen LogP contribution in [0.2, 0.25) is 0 Å². The number of nitrogens with one attached hydrogen (secondary N) is 2. The number of hydrogen-bond acceptors (Lipinski definition) is 4. The fourth-order valence-electron chi connectivity index (χ4n) is 1.90. The van der Waals surface area contributed by atoms with E-state index in [-0.39, 0.29) is 17.0 Å². The van der Waals surface area contributed by atoms with Crippen molar-refractivity contribution >= 4 is 11.6 Å². The molecule has 2 N–H and O–H groups in total. The van der Waals surface area contributed by atoms with Crippen LogP contribution in [0, 0.1) is 0 Å². The number of aromatic amines is 1. The summed E-state index contributed by atoms with van der Waals surface area (Å²) in [6, 6.07) is 9.97. The molecule has 0 bridgehead atoms. The second kappa shape index (κ2) is 5.41. The Kier molecular flexibility index (Phi) is 3.30. The molecule has 0 aliphatic heterocycles. The highest BCUT2D eigenvalue weighted by Gasteiger charge is 2.10. The van der Waals surface area contributed by atoms with Crippen molar-refractivity contribution in [2.45, 2.75) is 0 Å². The van der Waals surface area contributed by atoms with Crippen LogP contribution in [0.25, 0.3) is 5.69 Å². The predicted octanol–water partition coefficient (Wildman–Crippen LogP) is 1.21. The highest BCUT2D eigenvalue weighted by molar-refractivity contribution is 6.05. The molecular weight excluding hydrogens is 270 g/mol. The molecule has 0 spiro atoms. The summed E-state index contributed by atoms with van der Waals surface area (Å²) in [5.41, 5.74) is 1.22. The fraction of sp³-hybridized carbons (Fsp3) is 0. The zero-order chi connectivity index (χ0) is 14.7. The maximum Gasteiger partial charge on any atom is 0.255 e. The molecule has 0 saturated carbocycles. The number of anilines is 1. The molecule has 0 atom stereocenters. The molecule has 0 aliphatic rings. The fourth-order valence-corrected chi connectivity index (χ4v) is 1.90. The molecule has 2 heterocycles. The Morgan fingerprint density at radius 2 is 2.10 bits per heavy atom. The van der Waals surface area contributed by atoms with Crippen molar-refractivity contribution in [3.8, 4) is 5.69 Å². The van der Waals surface area contributed by atoms with Gasteiger partial charge in [-0.2, -0.15) is 0 Å². The zero-order valence-electron chi connectivity index (χ0n) is 10.9. The number of carbonyl (C=O) groups is 1. The summed E-state index contributed by atoms with van der Waals surface area (Å²) < 4.78 is 1.55. The standard InChI is InChI=1S/C14H11N5O2/c20-13-9-10(5-6-15-13)14(21)17-11-3-1-2-4-12(11)19-8-7-16-18-19/h1-9H,(H,15,20)(H,17,21). The molecule has 21 heavy (non-hydrogen) atoms. The van der Waals surface area contributed by atoms with Gasteiger partial charge in [-0.05, 0) is 18.2 Å². The molecule has 0 aliphatic carbocycles. The van der Waals surface area contributed by atoms with Crippen LogP contribution in [-0.4, -0.2) is 25.9 Å². The lowest BCUT2D eigenvalue weighted by molar-refractivity contribution is 0.102. The zero-order valence-corrected chi connectivity index (χ0v) is 10.9. The molecule has 0 saturated heterocycles. The van der Waals surface area contributed by atoms with Crippen molar-refractivity contribution in [1.29, 1.82) is 0 Å². The van der Waals surface area contributed by atoms with E-state index in [1.165, 1.54) is 18.3 Å². The Morgan fingerprint density at radius 3 is 2.86 bits per heavy atom. The first-order valence-electron chi connectivity index (χ1n) is 6.20. The molecule has 1 aromatic carbocycles. The molecule has 7 heteroatoms. The second-order valence-corrected chi connectivity index (χ2v) is 4.26. The summed E-state index contributed by atoms with van der Waals surface area (Å²) in [7, 11) is 0. The molecule has 7 nitrogen and oxygen atoms in total. The van der Waals surface area contributed by atoms with Gasteiger partial charge in [-0.15, -0.1) is 5.10 Å². The maximum absolute atomic E-state index is 12.2. The number of H-pyrrole nitrogens is 1. The number of rotatable bonds is 3. The number of aromatic nitrogens is 4. The van der Waals surface area contributed by atoms with Gasteiger partial charge in [-0.3, -0.25) is 9.59 Å². The third-order valence-electron chi connectivity index (χ3n) is 2.86. The Bertz CT molecular complexity index is 823. The lowest BCUT2D eigenvalue weighted by atomic mass is 10.2. The van der Waals surface area contributed by atoms with Gasteiger partial charge in [0, 0.05) is 17.8 Å². The van der Waals surface area contributed by atoms with Crippen LogP contribution in [0.1, 0.15) is 10.4 Å². The Morgan fingerprint density at radius 1 is 1.24 bits per heavy atom. The smallest absolute Gasteiger partial charge is 0.255 e. The van der Waals surface area contributed by atoms with E-state index in [4.69, 9.17) is 0 Å². The summed E-state index contributed by atoms with van der Waals surface area (Å²) in [5, 5.41) is 10.4. The van der Waals surface area contributed by atoms with E-state index in [9.17, 15) is 9.59 Å². The third kappa shape index (κ3) is 2.71. The summed E-state index contributed by atoms with van der Waals surface area (Å²) in [5.74, 6) is -0.367. The highest BCUT2D eigenvalue weighted by atomic mass is 16.2. The van der Waals surface area contributed by atoms with E-state index in [0.717, 1.165) is 0 Å². The van der Waals surface area contributed by atoms with Crippen molar-refractivity contribution in [3.63, 3.8) is 0 Å². The van der Waals surface area contributed by atoms with Gasteiger partial charge in [0.05, 0.1) is 23.8 Å². The number of hydrogen-bond donors (Lipinski definition) is 2. The maximum atomic E-state index is 12.2. The predicted molar refractivity (Wildman–Crippen MR) is 76.4 cm³/mol. The Balaban J connectivity index is 1.92. The van der Waals surface area contributed by atoms with Crippen molar-refractivity contribution in [3.05, 3.63) is 70.9 Å². The number of pyridine rings is 1. The van der Waals surface area contributed by atoms with Crippen molar-refractivity contribution in [1.82, 2.24) is 20.0 Å². The van der Waals surface area contributed by atoms with Crippen LogP contribution in [0.3, 0.4) is 0 Å². The van der Waals surface area contributed by atoms with Crippen LogP contribution >= 0.6 is 0 Å². The van der Waals surface area contributed by atoms with E-state index in [2.05, 4.69) is 20.6 Å². The summed E-state index contributed by atoms with van der Waals surface area (Å²) >= 11 is 0. The van der Waals surface area contributed by atoms with E-state index in [1.54, 1.807) is 29.2 Å². The summed E-state index contributed by atoms with van der Waals surface area (Å²) in [4.78, 5) is 25.9. The number of carbonyl (C=O) groups excluding carboxylic acids is 1. The minimum Gasteiger partial charge on any atom is -0.329 e. The van der Waals surface area contributed by atoms with Crippen molar-refractivity contribution in [2.75, 3.05) is 5.32 Å². The number of nitrogens with zero attached hydrogens (tertiary/aromatic N) is 3. The van der Waals surface area contributed by atoms with E-state index >= 15 is 0 Å². The first kappa shape index (κ1) is 12.8. The monoisotopic (exact) mass is 281 g/mol. The Labute approximate surface area is 119 Å². The van der Waals surface area contributed by atoms with Crippen LogP contribution in [-0.2, 0) is 0 Å². The average Bonchev–Trinajstić information content (AvgIpc) is 3.02. The van der Waals surface area contributed by atoms with Gasteiger partial charge in [0.1, 0.15) is 0 Å². The van der Waals surface area contributed by atoms with Crippen LogP contribution in [0.15, 0.2) is 59.8 Å². The topological polar surface area (TPSA) is 92.7 Å². The summed E-state index contributed by atoms with van der Waals surface area (Å²) in [6.45, 7) is 0. The van der Waals surface area contributed by atoms with Crippen LogP contribution < -0.4 is 10.9 Å². The molecule has 0 radical (unpaired) electrons. The minimum atomic E-state index is -0.367. The SMILES string of the molecule is O=C(Nc1ccccc1-n1ccnn1)c1cc[nH]c(=O)c1. The van der Waals surface area contributed by atoms with Gasteiger partial charge in [-0.25, -0.2) is 4.68 Å². The number of amides is 1. The average molecular weight is 281 g/mol. The first-order chi connectivity index (χ1) is 10.2. The molecule has 3 rings (SSSR count). The van der Waals surface area contributed by atoms with Crippen LogP contribution in [0.5, 0.6) is 0 Å². The molecule has 0 fully saturated rings. The summed E-state index contributed by atoms with van der Waals surface area (Å²) in [6.07, 6.45) is 4.66. The van der Waals surface area contributed by atoms with Gasteiger partial charge in [0.25, 0.3) is 5.91 Å². The lowest BCUT2D eigenvalue weighted by Crippen LogP contribution is -2.16. The first-order valence-corrected chi connectivity index (χ1v) is 6.20. The second-order valence-electron chi connectivity index (χ2n) is 4.26. The van der Waals surface area contributed by atoms with Gasteiger partial charge in [0.15, 0.2) is 0 Å². The molecule has 3 aromatic rings. The van der Waals surface area contributed by atoms with Crippen molar-refractivity contribution in [2.24, 2.45) is 0 Å². The van der Waals surface area contributed by atoms with Crippen molar-refractivity contribution < 1.29 is 4.79 Å². The van der Waals surface area contributed by atoms with E-state index < -0.39 is 0 Å². The Hall–Kier alpha value is -3.22. The van der Waals surface area contributed by atoms with Gasteiger partial charge < -0.3 is 10.3 Å². The molecule has 0 unspecified atom stereocenters. The van der Waals surface area contributed by atoms with Gasteiger partial charge >= 0.3 is 0 Å². The molecule has 1 amide bonds. The third-order valence-corrected chi connectivity index (χ3v) is 2.86.